The van der Waals surface area contributed by atoms with Gasteiger partial charge in [0, 0.05) is 12.2 Å². The number of hydrogen-bond acceptors (Lipinski definition) is 3. The quantitative estimate of drug-likeness (QED) is 0.870. The highest BCUT2D eigenvalue weighted by Crippen LogP contribution is 2.32. The first-order valence-corrected chi connectivity index (χ1v) is 7.74. The number of carbonyl (C=O) groups excluding carboxylic acids is 1. The topological polar surface area (TPSA) is 38.8 Å². The van der Waals surface area contributed by atoms with Crippen molar-refractivity contribution in [3.05, 3.63) is 53.1 Å². The third kappa shape index (κ3) is 2.89. The van der Waals surface area contributed by atoms with Crippen LogP contribution in [0.5, 0.6) is 11.5 Å². The molecule has 1 amide bonds. The molecule has 0 aliphatic carbocycles. The van der Waals surface area contributed by atoms with Crippen molar-refractivity contribution in [2.24, 2.45) is 0 Å². The van der Waals surface area contributed by atoms with Gasteiger partial charge in [-0.15, -0.1) is 0 Å². The van der Waals surface area contributed by atoms with E-state index in [-0.39, 0.29) is 5.91 Å². The van der Waals surface area contributed by atoms with Crippen molar-refractivity contribution in [2.45, 2.75) is 19.8 Å². The van der Waals surface area contributed by atoms with Gasteiger partial charge in [0.2, 0.25) is 5.91 Å². The van der Waals surface area contributed by atoms with Gasteiger partial charge in [0.05, 0.1) is 20.6 Å². The normalized spacial score (nSPS) is 12.9. The predicted molar refractivity (Wildman–Crippen MR) is 90.5 cm³/mol. The molecule has 0 spiro atoms. The van der Waals surface area contributed by atoms with Crippen LogP contribution in [0.1, 0.15) is 16.7 Å². The van der Waals surface area contributed by atoms with Gasteiger partial charge in [-0.05, 0) is 48.2 Å². The van der Waals surface area contributed by atoms with Crippen LogP contribution in [0.4, 0.5) is 5.69 Å². The van der Waals surface area contributed by atoms with E-state index in [4.69, 9.17) is 9.47 Å². The van der Waals surface area contributed by atoms with Crippen LogP contribution in [0.3, 0.4) is 0 Å². The zero-order valence-corrected chi connectivity index (χ0v) is 13.8. The Labute approximate surface area is 136 Å². The van der Waals surface area contributed by atoms with E-state index in [0.717, 1.165) is 29.8 Å². The smallest absolute Gasteiger partial charge is 0.231 e. The standard InChI is InChI=1S/C19H21NO3/c1-13-10-17(22-2)18(23-3)11-15(13)12-19(21)20-9-8-14-6-4-5-7-16(14)20/h4-7,10-11H,8-9,12H2,1-3H3. The van der Waals surface area contributed by atoms with E-state index in [1.165, 1.54) is 5.56 Å². The maximum Gasteiger partial charge on any atom is 0.231 e. The summed E-state index contributed by atoms with van der Waals surface area (Å²) >= 11 is 0. The summed E-state index contributed by atoms with van der Waals surface area (Å²) in [6.45, 7) is 2.74. The number of carbonyl (C=O) groups is 1. The highest BCUT2D eigenvalue weighted by molar-refractivity contribution is 5.96. The van der Waals surface area contributed by atoms with Crippen LogP contribution >= 0.6 is 0 Å². The second-order valence-electron chi connectivity index (χ2n) is 5.73. The van der Waals surface area contributed by atoms with E-state index in [1.807, 2.05) is 42.2 Å². The summed E-state index contributed by atoms with van der Waals surface area (Å²) < 4.78 is 10.6. The third-order valence-corrected chi connectivity index (χ3v) is 4.37. The van der Waals surface area contributed by atoms with Crippen LogP contribution < -0.4 is 14.4 Å². The Morgan fingerprint density at radius 2 is 1.83 bits per heavy atom. The number of hydrogen-bond donors (Lipinski definition) is 0. The minimum absolute atomic E-state index is 0.116. The molecule has 0 aromatic heterocycles. The first-order chi connectivity index (χ1) is 11.1. The van der Waals surface area contributed by atoms with Gasteiger partial charge in [-0.3, -0.25) is 4.79 Å². The molecule has 0 radical (unpaired) electrons. The number of benzene rings is 2. The van der Waals surface area contributed by atoms with E-state index < -0.39 is 0 Å². The molecule has 2 aromatic carbocycles. The SMILES string of the molecule is COc1cc(C)c(CC(=O)N2CCc3ccccc32)cc1OC. The summed E-state index contributed by atoms with van der Waals surface area (Å²) in [5.41, 5.74) is 4.28. The molecule has 0 atom stereocenters. The van der Waals surface area contributed by atoms with Crippen molar-refractivity contribution < 1.29 is 14.3 Å². The molecule has 4 heteroatoms. The molecule has 4 nitrogen and oxygen atoms in total. The summed E-state index contributed by atoms with van der Waals surface area (Å²) in [5, 5.41) is 0. The molecule has 2 aromatic rings. The Morgan fingerprint density at radius 1 is 1.13 bits per heavy atom. The molecular weight excluding hydrogens is 290 g/mol. The lowest BCUT2D eigenvalue weighted by molar-refractivity contribution is -0.117. The summed E-state index contributed by atoms with van der Waals surface area (Å²) in [7, 11) is 3.22. The van der Waals surface area contributed by atoms with Crippen molar-refractivity contribution in [3.8, 4) is 11.5 Å². The van der Waals surface area contributed by atoms with Crippen molar-refractivity contribution in [1.82, 2.24) is 0 Å². The summed E-state index contributed by atoms with van der Waals surface area (Å²) in [4.78, 5) is 14.6. The first-order valence-electron chi connectivity index (χ1n) is 7.74. The number of anilines is 1. The van der Waals surface area contributed by atoms with Crippen LogP contribution in [-0.4, -0.2) is 26.7 Å². The van der Waals surface area contributed by atoms with Crippen molar-refractivity contribution in [2.75, 3.05) is 25.7 Å². The maximum absolute atomic E-state index is 12.7. The molecule has 0 saturated carbocycles. The highest BCUT2D eigenvalue weighted by atomic mass is 16.5. The second kappa shape index (κ2) is 6.32. The molecule has 1 aliphatic rings. The molecule has 23 heavy (non-hydrogen) atoms. The van der Waals surface area contributed by atoms with Gasteiger partial charge in [0.1, 0.15) is 0 Å². The lowest BCUT2D eigenvalue weighted by atomic mass is 10.0. The lowest BCUT2D eigenvalue weighted by Gasteiger charge is -2.19. The van der Waals surface area contributed by atoms with Crippen molar-refractivity contribution in [3.63, 3.8) is 0 Å². The molecule has 0 unspecified atom stereocenters. The highest BCUT2D eigenvalue weighted by Gasteiger charge is 2.24. The summed E-state index contributed by atoms with van der Waals surface area (Å²) in [6.07, 6.45) is 1.29. The molecule has 0 N–H and O–H groups in total. The van der Waals surface area contributed by atoms with Crippen LogP contribution in [0, 0.1) is 6.92 Å². The van der Waals surface area contributed by atoms with Gasteiger partial charge in [-0.25, -0.2) is 0 Å². The molecule has 120 valence electrons. The summed E-state index contributed by atoms with van der Waals surface area (Å²) in [5.74, 6) is 1.46. The van der Waals surface area contributed by atoms with Crippen LogP contribution in [-0.2, 0) is 17.6 Å². The Kier molecular flexibility index (Phi) is 4.24. The minimum atomic E-state index is 0.116. The van der Waals surface area contributed by atoms with Gasteiger partial charge < -0.3 is 14.4 Å². The van der Waals surface area contributed by atoms with Crippen LogP contribution in [0.15, 0.2) is 36.4 Å². The summed E-state index contributed by atoms with van der Waals surface area (Å²) in [6, 6.07) is 11.9. The average Bonchev–Trinajstić information content (AvgIpc) is 3.00. The first kappa shape index (κ1) is 15.4. The Morgan fingerprint density at radius 3 is 2.57 bits per heavy atom. The monoisotopic (exact) mass is 311 g/mol. The Bertz CT molecular complexity index is 739. The van der Waals surface area contributed by atoms with Gasteiger partial charge in [-0.1, -0.05) is 18.2 Å². The number of aryl methyl sites for hydroxylation is 1. The van der Waals surface area contributed by atoms with Gasteiger partial charge >= 0.3 is 0 Å². The molecule has 1 heterocycles. The lowest BCUT2D eigenvalue weighted by Crippen LogP contribution is -2.30. The van der Waals surface area contributed by atoms with E-state index in [9.17, 15) is 4.79 Å². The number of nitrogens with zero attached hydrogens (tertiary/aromatic N) is 1. The van der Waals surface area contributed by atoms with Gasteiger partial charge in [0.15, 0.2) is 11.5 Å². The fourth-order valence-electron chi connectivity index (χ4n) is 3.07. The fraction of sp³-hybridized carbons (Fsp3) is 0.316. The number of rotatable bonds is 4. The minimum Gasteiger partial charge on any atom is -0.493 e. The Hall–Kier alpha value is -2.49. The zero-order chi connectivity index (χ0) is 16.4. The van der Waals surface area contributed by atoms with E-state index in [0.29, 0.717) is 17.9 Å². The predicted octanol–water partition coefficient (Wildman–Crippen LogP) is 3.14. The second-order valence-corrected chi connectivity index (χ2v) is 5.73. The van der Waals surface area contributed by atoms with E-state index >= 15 is 0 Å². The molecule has 0 bridgehead atoms. The van der Waals surface area contributed by atoms with Gasteiger partial charge in [0.25, 0.3) is 0 Å². The molecule has 3 rings (SSSR count). The largest absolute Gasteiger partial charge is 0.493 e. The maximum atomic E-state index is 12.7. The van der Waals surface area contributed by atoms with Crippen LogP contribution in [0.25, 0.3) is 0 Å². The van der Waals surface area contributed by atoms with Crippen LogP contribution in [0.2, 0.25) is 0 Å². The van der Waals surface area contributed by atoms with Crippen molar-refractivity contribution >= 4 is 11.6 Å². The number of methoxy groups -OCH3 is 2. The molecule has 0 fully saturated rings. The molecule has 0 saturated heterocycles. The third-order valence-electron chi connectivity index (χ3n) is 4.37. The fourth-order valence-corrected chi connectivity index (χ4v) is 3.07. The number of fused-ring (bicyclic) bond motifs is 1. The van der Waals surface area contributed by atoms with E-state index in [1.54, 1.807) is 14.2 Å². The Balaban J connectivity index is 1.84. The number of para-hydroxylation sites is 1. The average molecular weight is 311 g/mol. The van der Waals surface area contributed by atoms with E-state index in [2.05, 4.69) is 6.07 Å². The number of amides is 1. The zero-order valence-electron chi connectivity index (χ0n) is 13.8. The molecule has 1 aliphatic heterocycles. The van der Waals surface area contributed by atoms with Gasteiger partial charge in [-0.2, -0.15) is 0 Å². The van der Waals surface area contributed by atoms with Crippen molar-refractivity contribution in [1.29, 1.82) is 0 Å². The number of ether oxygens (including phenoxy) is 2. The molecular formula is C19H21NO3.